The molecule has 0 spiro atoms. The summed E-state index contributed by atoms with van der Waals surface area (Å²) in [6.07, 6.45) is 4.23. The number of hydrogen-bond donors (Lipinski definition) is 0. The Morgan fingerprint density at radius 3 is 2.47 bits per heavy atom. The van der Waals surface area contributed by atoms with Crippen molar-refractivity contribution >= 4 is 0 Å². The van der Waals surface area contributed by atoms with Gasteiger partial charge in [-0.25, -0.2) is 0 Å². The lowest BCUT2D eigenvalue weighted by Crippen LogP contribution is -1.98. The second-order valence-corrected chi connectivity index (χ2v) is 3.63. The Bertz CT molecular complexity index is 347. The van der Waals surface area contributed by atoms with Gasteiger partial charge in [0.15, 0.2) is 0 Å². The molecule has 1 heteroatoms. The molecule has 0 heterocycles. The van der Waals surface area contributed by atoms with Crippen molar-refractivity contribution in [3.8, 4) is 5.75 Å². The molecule has 1 nitrogen and oxygen atoms in total. The Labute approximate surface area is 92.1 Å². The number of ether oxygens (including phenoxy) is 1. The van der Waals surface area contributed by atoms with Crippen molar-refractivity contribution < 1.29 is 4.74 Å². The smallest absolute Gasteiger partial charge is 0.119 e. The molecule has 0 radical (unpaired) electrons. The van der Waals surface area contributed by atoms with Gasteiger partial charge in [-0.2, -0.15) is 0 Å². The molecule has 1 rings (SSSR count). The lowest BCUT2D eigenvalue weighted by atomic mass is 10.2. The van der Waals surface area contributed by atoms with Crippen LogP contribution >= 0.6 is 0 Å². The van der Waals surface area contributed by atoms with Crippen LogP contribution in [-0.4, -0.2) is 6.61 Å². The van der Waals surface area contributed by atoms with Crippen LogP contribution in [0, 0.1) is 0 Å². The Morgan fingerprint density at radius 1 is 1.20 bits per heavy atom. The lowest BCUT2D eigenvalue weighted by molar-refractivity contribution is 0.352. The summed E-state index contributed by atoms with van der Waals surface area (Å²) in [6, 6.07) is 9.88. The van der Waals surface area contributed by atoms with E-state index in [1.165, 1.54) is 11.1 Å². The molecule has 0 bridgehead atoms. The van der Waals surface area contributed by atoms with Gasteiger partial charge in [0.1, 0.15) is 12.4 Å². The van der Waals surface area contributed by atoms with E-state index in [1.54, 1.807) is 0 Å². The summed E-state index contributed by atoms with van der Waals surface area (Å²) in [5, 5.41) is 0. The normalized spacial score (nSPS) is 12.7. The number of para-hydroxylation sites is 1. The summed E-state index contributed by atoms with van der Waals surface area (Å²) in [7, 11) is 0. The topological polar surface area (TPSA) is 9.23 Å². The second kappa shape index (κ2) is 6.07. The third kappa shape index (κ3) is 4.50. The largest absolute Gasteiger partial charge is 0.489 e. The quantitative estimate of drug-likeness (QED) is 0.671. The average molecular weight is 202 g/mol. The van der Waals surface area contributed by atoms with Gasteiger partial charge >= 0.3 is 0 Å². The summed E-state index contributed by atoms with van der Waals surface area (Å²) in [5.74, 6) is 0.920. The molecule has 80 valence electrons. The molecule has 0 aliphatic carbocycles. The molecular weight excluding hydrogens is 184 g/mol. The van der Waals surface area contributed by atoms with Gasteiger partial charge in [0, 0.05) is 0 Å². The summed E-state index contributed by atoms with van der Waals surface area (Å²) in [6.45, 7) is 6.86. The molecule has 0 aliphatic rings. The van der Waals surface area contributed by atoms with Gasteiger partial charge in [-0.3, -0.25) is 0 Å². The summed E-state index contributed by atoms with van der Waals surface area (Å²) < 4.78 is 5.62. The molecule has 0 amide bonds. The first-order chi connectivity index (χ1) is 7.22. The Hall–Kier alpha value is -1.50. The lowest BCUT2D eigenvalue weighted by Gasteiger charge is -2.06. The van der Waals surface area contributed by atoms with Crippen molar-refractivity contribution in [1.29, 1.82) is 0 Å². The minimum atomic E-state index is 0.648. The minimum absolute atomic E-state index is 0.648. The van der Waals surface area contributed by atoms with Crippen molar-refractivity contribution in [3.63, 3.8) is 0 Å². The number of hydrogen-bond acceptors (Lipinski definition) is 1. The predicted octanol–water partition coefficient (Wildman–Crippen LogP) is 3.98. The van der Waals surface area contributed by atoms with E-state index in [2.05, 4.69) is 26.0 Å². The zero-order chi connectivity index (χ0) is 11.1. The van der Waals surface area contributed by atoms with Gasteiger partial charge in [0.05, 0.1) is 0 Å². The predicted molar refractivity (Wildman–Crippen MR) is 65.1 cm³/mol. The third-order valence-corrected chi connectivity index (χ3v) is 2.14. The molecule has 1 aromatic rings. The number of allylic oxidation sites excluding steroid dienone is 3. The average Bonchev–Trinajstić information content (AvgIpc) is 2.27. The van der Waals surface area contributed by atoms with Gasteiger partial charge in [-0.15, -0.1) is 0 Å². The van der Waals surface area contributed by atoms with Gasteiger partial charge in [-0.1, -0.05) is 35.9 Å². The van der Waals surface area contributed by atoms with Crippen LogP contribution in [0.2, 0.25) is 0 Å². The Morgan fingerprint density at radius 2 is 1.87 bits per heavy atom. The van der Waals surface area contributed by atoms with Crippen LogP contribution in [0.4, 0.5) is 0 Å². The maximum Gasteiger partial charge on any atom is 0.119 e. The molecule has 15 heavy (non-hydrogen) atoms. The van der Waals surface area contributed by atoms with E-state index in [0.717, 1.165) is 5.75 Å². The minimum Gasteiger partial charge on any atom is -0.489 e. The monoisotopic (exact) mass is 202 g/mol. The SMILES string of the molecule is CC=C(C)C=C(C)COc1ccccc1. The van der Waals surface area contributed by atoms with E-state index in [4.69, 9.17) is 4.74 Å². The third-order valence-electron chi connectivity index (χ3n) is 2.14. The molecule has 0 unspecified atom stereocenters. The van der Waals surface area contributed by atoms with Gasteiger partial charge < -0.3 is 4.74 Å². The fourth-order valence-corrected chi connectivity index (χ4v) is 1.23. The fraction of sp³-hybridized carbons (Fsp3) is 0.286. The van der Waals surface area contributed by atoms with Crippen LogP contribution in [0.15, 0.2) is 53.6 Å². The van der Waals surface area contributed by atoms with E-state index in [1.807, 2.05) is 37.3 Å². The van der Waals surface area contributed by atoms with Crippen molar-refractivity contribution in [2.24, 2.45) is 0 Å². The second-order valence-electron chi connectivity index (χ2n) is 3.63. The van der Waals surface area contributed by atoms with Crippen LogP contribution in [0.5, 0.6) is 5.75 Å². The molecule has 0 saturated carbocycles. The standard InChI is InChI=1S/C14H18O/c1-4-12(2)10-13(3)11-15-14-8-6-5-7-9-14/h4-10H,11H2,1-3H3. The van der Waals surface area contributed by atoms with Crippen molar-refractivity contribution in [2.45, 2.75) is 20.8 Å². The van der Waals surface area contributed by atoms with Crippen molar-refractivity contribution in [2.75, 3.05) is 6.61 Å². The van der Waals surface area contributed by atoms with Crippen molar-refractivity contribution in [3.05, 3.63) is 53.6 Å². The van der Waals surface area contributed by atoms with Gasteiger partial charge in [0.2, 0.25) is 0 Å². The van der Waals surface area contributed by atoms with E-state index in [0.29, 0.717) is 6.61 Å². The highest BCUT2D eigenvalue weighted by Crippen LogP contribution is 2.10. The maximum absolute atomic E-state index is 5.62. The van der Waals surface area contributed by atoms with Gasteiger partial charge in [0.25, 0.3) is 0 Å². The summed E-state index contributed by atoms with van der Waals surface area (Å²) >= 11 is 0. The van der Waals surface area contributed by atoms with Crippen LogP contribution < -0.4 is 4.74 Å². The first kappa shape index (κ1) is 11.6. The van der Waals surface area contributed by atoms with E-state index in [9.17, 15) is 0 Å². The van der Waals surface area contributed by atoms with Crippen LogP contribution in [0.1, 0.15) is 20.8 Å². The summed E-state index contributed by atoms with van der Waals surface area (Å²) in [4.78, 5) is 0. The highest BCUT2D eigenvalue weighted by Gasteiger charge is 1.93. The molecule has 0 N–H and O–H groups in total. The highest BCUT2D eigenvalue weighted by atomic mass is 16.5. The number of rotatable bonds is 4. The molecule has 0 aliphatic heterocycles. The van der Waals surface area contributed by atoms with E-state index in [-0.39, 0.29) is 0 Å². The fourth-order valence-electron chi connectivity index (χ4n) is 1.23. The first-order valence-corrected chi connectivity index (χ1v) is 5.20. The Kier molecular flexibility index (Phi) is 4.69. The number of benzene rings is 1. The van der Waals surface area contributed by atoms with Gasteiger partial charge in [-0.05, 0) is 38.5 Å². The van der Waals surface area contributed by atoms with Crippen LogP contribution in [0.3, 0.4) is 0 Å². The van der Waals surface area contributed by atoms with Crippen molar-refractivity contribution in [1.82, 2.24) is 0 Å². The summed E-state index contributed by atoms with van der Waals surface area (Å²) in [5.41, 5.74) is 2.50. The molecular formula is C14H18O. The highest BCUT2D eigenvalue weighted by molar-refractivity contribution is 5.23. The first-order valence-electron chi connectivity index (χ1n) is 5.20. The van der Waals surface area contributed by atoms with Crippen LogP contribution in [0.25, 0.3) is 0 Å². The molecule has 1 aromatic carbocycles. The maximum atomic E-state index is 5.62. The molecule has 0 fully saturated rings. The van der Waals surface area contributed by atoms with E-state index < -0.39 is 0 Å². The molecule has 0 atom stereocenters. The Balaban J connectivity index is 2.48. The van der Waals surface area contributed by atoms with E-state index >= 15 is 0 Å². The molecule has 0 saturated heterocycles. The zero-order valence-corrected chi connectivity index (χ0v) is 9.66. The molecule has 0 aromatic heterocycles. The zero-order valence-electron chi connectivity index (χ0n) is 9.66. The van der Waals surface area contributed by atoms with Crippen LogP contribution in [-0.2, 0) is 0 Å².